The molecule has 1 heterocycles. The second kappa shape index (κ2) is 4.66. The van der Waals surface area contributed by atoms with Gasteiger partial charge in [0.05, 0.1) is 5.56 Å². The van der Waals surface area contributed by atoms with Crippen LogP contribution >= 0.6 is 0 Å². The number of aromatic nitrogens is 1. The molecular weight excluding hydrogens is 278 g/mol. The highest BCUT2D eigenvalue weighted by Gasteiger charge is 2.31. The predicted octanol–water partition coefficient (Wildman–Crippen LogP) is 3.85. The summed E-state index contributed by atoms with van der Waals surface area (Å²) in [7, 11) is 0. The molecular formula is C13H9F4NO2. The van der Waals surface area contributed by atoms with E-state index in [0.717, 1.165) is 12.1 Å². The average molecular weight is 287 g/mol. The van der Waals surface area contributed by atoms with E-state index in [0.29, 0.717) is 11.6 Å². The molecule has 0 aliphatic carbocycles. The molecule has 0 radical (unpaired) electrons. The number of hydrogen-bond acceptors (Lipinski definition) is 1. The van der Waals surface area contributed by atoms with Gasteiger partial charge in [0, 0.05) is 11.3 Å². The number of benzene rings is 1. The molecule has 0 saturated heterocycles. The zero-order chi connectivity index (χ0) is 15.1. The molecule has 0 amide bonds. The molecule has 106 valence electrons. The number of hydrogen-bond donors (Lipinski definition) is 2. The monoisotopic (exact) mass is 287 g/mol. The summed E-state index contributed by atoms with van der Waals surface area (Å²) in [5.74, 6) is -2.29. The topological polar surface area (TPSA) is 53.1 Å². The number of aromatic amines is 1. The van der Waals surface area contributed by atoms with Crippen LogP contribution in [0.2, 0.25) is 0 Å². The SMILES string of the molecule is Cc1cc(-c2ccc(C(F)(F)F)cc2F)[nH]c1C(=O)O. The molecule has 2 N–H and O–H groups in total. The second-order valence-electron chi connectivity index (χ2n) is 4.24. The third kappa shape index (κ3) is 2.52. The van der Waals surface area contributed by atoms with Crippen molar-refractivity contribution in [2.75, 3.05) is 0 Å². The largest absolute Gasteiger partial charge is 0.477 e. The number of aryl methyl sites for hydroxylation is 1. The lowest BCUT2D eigenvalue weighted by atomic mass is 10.1. The van der Waals surface area contributed by atoms with E-state index in [4.69, 9.17) is 5.11 Å². The van der Waals surface area contributed by atoms with Gasteiger partial charge in [-0.05, 0) is 36.8 Å². The summed E-state index contributed by atoms with van der Waals surface area (Å²) in [6.07, 6.45) is -4.63. The summed E-state index contributed by atoms with van der Waals surface area (Å²) in [5, 5.41) is 8.87. The minimum atomic E-state index is -4.63. The Morgan fingerprint density at radius 1 is 1.25 bits per heavy atom. The van der Waals surface area contributed by atoms with Crippen LogP contribution in [0.25, 0.3) is 11.3 Å². The van der Waals surface area contributed by atoms with Crippen molar-refractivity contribution in [2.24, 2.45) is 0 Å². The Bertz CT molecular complexity index is 673. The minimum absolute atomic E-state index is 0.117. The summed E-state index contributed by atoms with van der Waals surface area (Å²) in [4.78, 5) is 13.3. The third-order valence-electron chi connectivity index (χ3n) is 2.82. The van der Waals surface area contributed by atoms with Gasteiger partial charge >= 0.3 is 12.1 Å². The predicted molar refractivity (Wildman–Crippen MR) is 62.9 cm³/mol. The molecule has 3 nitrogen and oxygen atoms in total. The molecule has 0 atom stereocenters. The van der Waals surface area contributed by atoms with Crippen LogP contribution in [0.3, 0.4) is 0 Å². The summed E-state index contributed by atoms with van der Waals surface area (Å²) >= 11 is 0. The van der Waals surface area contributed by atoms with Crippen LogP contribution in [0, 0.1) is 12.7 Å². The fourth-order valence-electron chi connectivity index (χ4n) is 1.84. The first-order chi connectivity index (χ1) is 9.20. The average Bonchev–Trinajstić information content (AvgIpc) is 2.69. The molecule has 0 aliphatic heterocycles. The van der Waals surface area contributed by atoms with Crippen molar-refractivity contribution < 1.29 is 27.5 Å². The lowest BCUT2D eigenvalue weighted by molar-refractivity contribution is -0.137. The summed E-state index contributed by atoms with van der Waals surface area (Å²) in [6.45, 7) is 1.51. The van der Waals surface area contributed by atoms with Gasteiger partial charge in [-0.2, -0.15) is 13.2 Å². The van der Waals surface area contributed by atoms with E-state index < -0.39 is 23.5 Å². The molecule has 1 aromatic carbocycles. The highest BCUT2D eigenvalue weighted by molar-refractivity contribution is 5.88. The minimum Gasteiger partial charge on any atom is -0.477 e. The maximum atomic E-state index is 13.7. The van der Waals surface area contributed by atoms with Crippen molar-refractivity contribution >= 4 is 5.97 Å². The third-order valence-corrected chi connectivity index (χ3v) is 2.82. The molecule has 0 aliphatic rings. The number of carboxylic acid groups (broad SMARTS) is 1. The number of rotatable bonds is 2. The van der Waals surface area contributed by atoms with Gasteiger partial charge in [0.25, 0.3) is 0 Å². The van der Waals surface area contributed by atoms with Crippen LogP contribution in [0.1, 0.15) is 21.6 Å². The number of carbonyl (C=O) groups is 1. The molecule has 0 fully saturated rings. The first kappa shape index (κ1) is 14.1. The highest BCUT2D eigenvalue weighted by atomic mass is 19.4. The molecule has 0 saturated carbocycles. The smallest absolute Gasteiger partial charge is 0.416 e. The van der Waals surface area contributed by atoms with E-state index in [1.807, 2.05) is 0 Å². The Hall–Kier alpha value is -2.31. The molecule has 7 heteroatoms. The zero-order valence-corrected chi connectivity index (χ0v) is 10.2. The van der Waals surface area contributed by atoms with Crippen molar-refractivity contribution in [2.45, 2.75) is 13.1 Å². The molecule has 2 rings (SSSR count). The first-order valence-corrected chi connectivity index (χ1v) is 5.50. The van der Waals surface area contributed by atoms with Crippen molar-refractivity contribution in [3.05, 3.63) is 46.9 Å². The number of alkyl halides is 3. The van der Waals surface area contributed by atoms with Gasteiger partial charge in [0.15, 0.2) is 0 Å². The van der Waals surface area contributed by atoms with Gasteiger partial charge in [0.2, 0.25) is 0 Å². The quantitative estimate of drug-likeness (QED) is 0.824. The van der Waals surface area contributed by atoms with E-state index in [1.165, 1.54) is 13.0 Å². The number of H-pyrrole nitrogens is 1. The van der Waals surface area contributed by atoms with Crippen LogP contribution in [0.4, 0.5) is 17.6 Å². The molecule has 0 spiro atoms. The zero-order valence-electron chi connectivity index (χ0n) is 10.2. The summed E-state index contributed by atoms with van der Waals surface area (Å²) in [5.41, 5.74) is -0.855. The molecule has 2 aromatic rings. The van der Waals surface area contributed by atoms with Crippen molar-refractivity contribution in [3.8, 4) is 11.3 Å². The van der Waals surface area contributed by atoms with Crippen LogP contribution in [0.5, 0.6) is 0 Å². The molecule has 0 bridgehead atoms. The van der Waals surface area contributed by atoms with Gasteiger partial charge in [-0.15, -0.1) is 0 Å². The van der Waals surface area contributed by atoms with Gasteiger partial charge in [-0.25, -0.2) is 9.18 Å². The van der Waals surface area contributed by atoms with Crippen molar-refractivity contribution in [1.82, 2.24) is 4.98 Å². The standard InChI is InChI=1S/C13H9F4NO2/c1-6-4-10(18-11(6)12(19)20)8-3-2-7(5-9(8)14)13(15,16)17/h2-5,18H,1H3,(H,19,20). The van der Waals surface area contributed by atoms with Crippen LogP contribution < -0.4 is 0 Å². The van der Waals surface area contributed by atoms with E-state index in [2.05, 4.69) is 4.98 Å². The Balaban J connectivity index is 2.49. The highest BCUT2D eigenvalue weighted by Crippen LogP contribution is 2.33. The normalized spacial score (nSPS) is 11.7. The van der Waals surface area contributed by atoms with Crippen LogP contribution in [-0.4, -0.2) is 16.1 Å². The maximum absolute atomic E-state index is 13.7. The summed E-state index contributed by atoms with van der Waals surface area (Å²) < 4.78 is 51.0. The molecule has 1 aromatic heterocycles. The van der Waals surface area contributed by atoms with E-state index in [1.54, 1.807) is 0 Å². The number of nitrogens with one attached hydrogen (secondary N) is 1. The van der Waals surface area contributed by atoms with E-state index in [-0.39, 0.29) is 17.0 Å². The second-order valence-corrected chi connectivity index (χ2v) is 4.24. The number of aromatic carboxylic acids is 1. The molecule has 20 heavy (non-hydrogen) atoms. The number of carboxylic acids is 1. The van der Waals surface area contributed by atoms with E-state index >= 15 is 0 Å². The first-order valence-electron chi connectivity index (χ1n) is 5.50. The lowest BCUT2D eigenvalue weighted by Crippen LogP contribution is -2.05. The lowest BCUT2D eigenvalue weighted by Gasteiger charge is -2.08. The number of halogens is 4. The van der Waals surface area contributed by atoms with Gasteiger partial charge in [0.1, 0.15) is 11.5 Å². The fourth-order valence-corrected chi connectivity index (χ4v) is 1.84. The van der Waals surface area contributed by atoms with Crippen LogP contribution in [0.15, 0.2) is 24.3 Å². The Labute approximate surface area is 110 Å². The van der Waals surface area contributed by atoms with Gasteiger partial charge in [-0.3, -0.25) is 0 Å². The molecule has 0 unspecified atom stereocenters. The van der Waals surface area contributed by atoms with E-state index in [9.17, 15) is 22.4 Å². The van der Waals surface area contributed by atoms with Crippen LogP contribution in [-0.2, 0) is 6.18 Å². The Morgan fingerprint density at radius 3 is 2.35 bits per heavy atom. The van der Waals surface area contributed by atoms with Crippen molar-refractivity contribution in [1.29, 1.82) is 0 Å². The maximum Gasteiger partial charge on any atom is 0.416 e. The van der Waals surface area contributed by atoms with Crippen molar-refractivity contribution in [3.63, 3.8) is 0 Å². The fraction of sp³-hybridized carbons (Fsp3) is 0.154. The Morgan fingerprint density at radius 2 is 1.90 bits per heavy atom. The van der Waals surface area contributed by atoms with Gasteiger partial charge in [-0.1, -0.05) is 0 Å². The van der Waals surface area contributed by atoms with Gasteiger partial charge < -0.3 is 10.1 Å². The summed E-state index contributed by atoms with van der Waals surface area (Å²) in [6, 6.07) is 3.46. The Kier molecular flexibility index (Phi) is 3.29.